The van der Waals surface area contributed by atoms with Gasteiger partial charge in [-0.1, -0.05) is 19.3 Å². The number of hydrogen-bond acceptors (Lipinski definition) is 4. The van der Waals surface area contributed by atoms with Gasteiger partial charge in [-0.05, 0) is 112 Å². The van der Waals surface area contributed by atoms with E-state index in [2.05, 4.69) is 0 Å². The van der Waals surface area contributed by atoms with Crippen molar-refractivity contribution in [3.05, 3.63) is 50.8 Å². The van der Waals surface area contributed by atoms with Gasteiger partial charge < -0.3 is 19.5 Å². The molecule has 1 saturated carbocycles. The zero-order chi connectivity index (χ0) is 28.9. The van der Waals surface area contributed by atoms with Crippen molar-refractivity contribution in [2.45, 2.75) is 117 Å². The lowest BCUT2D eigenvalue weighted by atomic mass is 9.78. The van der Waals surface area contributed by atoms with Gasteiger partial charge in [-0.2, -0.15) is 0 Å². The first-order valence-electron chi connectivity index (χ1n) is 14.7. The number of carboxylic acids is 1. The number of carbonyl (C=O) groups is 2. The second-order valence-electron chi connectivity index (χ2n) is 12.7. The van der Waals surface area contributed by atoms with Crippen LogP contribution >= 0.6 is 0 Å². The quantitative estimate of drug-likeness (QED) is 0.437. The van der Waals surface area contributed by atoms with Crippen molar-refractivity contribution >= 4 is 11.9 Å². The summed E-state index contributed by atoms with van der Waals surface area (Å²) in [7, 11) is 0. The Labute approximate surface area is 236 Å². The summed E-state index contributed by atoms with van der Waals surface area (Å²) in [5, 5.41) is 10.5. The monoisotopic (exact) mass is 551 g/mol. The lowest BCUT2D eigenvalue weighted by Crippen LogP contribution is -2.45. The maximum Gasteiger partial charge on any atom is 0.337 e. The fourth-order valence-electron chi connectivity index (χ4n) is 7.02. The summed E-state index contributed by atoms with van der Waals surface area (Å²) in [5.74, 6) is -1.14. The third-order valence-electron chi connectivity index (χ3n) is 8.97. The Balaban J connectivity index is 1.77. The first kappa shape index (κ1) is 28.6. The predicted molar refractivity (Wildman–Crippen MR) is 152 cm³/mol. The summed E-state index contributed by atoms with van der Waals surface area (Å²) < 4.78 is 27.5. The standard InChI is InChI=1S/C33H42FNO5/c1-18-22-13-10-14-39-30(22)26(34)15-24(18)28-20(3)25-17-35(21-11-8-7-9-12-21)27(36)16-23(25)19(2)29(28)31(32(37)38)40-33(4,5)6/h15,21,31H,7-14,16-17H2,1-6H3,(H,37,38)/t31-/m0/s1. The molecule has 0 radical (unpaired) electrons. The number of halogens is 1. The van der Waals surface area contributed by atoms with Crippen LogP contribution in [0.25, 0.3) is 11.1 Å². The molecular formula is C33H42FNO5. The number of hydrogen-bond donors (Lipinski definition) is 1. The van der Waals surface area contributed by atoms with Crippen LogP contribution < -0.4 is 4.74 Å². The normalized spacial score (nSPS) is 18.7. The molecule has 0 unspecified atom stereocenters. The van der Waals surface area contributed by atoms with Crippen LogP contribution in [0.15, 0.2) is 6.07 Å². The second kappa shape index (κ2) is 10.8. The van der Waals surface area contributed by atoms with Gasteiger partial charge in [0.05, 0.1) is 18.6 Å². The van der Waals surface area contributed by atoms with Crippen molar-refractivity contribution in [1.29, 1.82) is 0 Å². The number of amides is 1. The minimum Gasteiger partial charge on any atom is -0.490 e. The van der Waals surface area contributed by atoms with Gasteiger partial charge in [-0.25, -0.2) is 9.18 Å². The SMILES string of the molecule is Cc1c(-c2c(C)c3c(c(C)c2[C@H](OC(C)(C)C)C(=O)O)CC(=O)N(C2CCCCC2)C3)cc(F)c2c1CCCO2. The molecular weight excluding hydrogens is 509 g/mol. The molecule has 3 aliphatic rings. The van der Waals surface area contributed by atoms with Gasteiger partial charge in [-0.15, -0.1) is 0 Å². The molecule has 2 aromatic rings. The van der Waals surface area contributed by atoms with Gasteiger partial charge in [0.2, 0.25) is 5.91 Å². The zero-order valence-corrected chi connectivity index (χ0v) is 24.7. The molecule has 1 atom stereocenters. The maximum atomic E-state index is 15.6. The largest absolute Gasteiger partial charge is 0.490 e. The van der Waals surface area contributed by atoms with Crippen LogP contribution in [-0.4, -0.2) is 40.1 Å². The van der Waals surface area contributed by atoms with Crippen LogP contribution in [0.5, 0.6) is 5.75 Å². The number of ether oxygens (including phenoxy) is 2. The predicted octanol–water partition coefficient (Wildman–Crippen LogP) is 6.90. The fourth-order valence-corrected chi connectivity index (χ4v) is 7.02. The lowest BCUT2D eigenvalue weighted by Gasteiger charge is -2.40. The molecule has 40 heavy (non-hydrogen) atoms. The summed E-state index contributed by atoms with van der Waals surface area (Å²) >= 11 is 0. The summed E-state index contributed by atoms with van der Waals surface area (Å²) in [6, 6.07) is 1.73. The van der Waals surface area contributed by atoms with E-state index < -0.39 is 23.5 Å². The second-order valence-corrected chi connectivity index (χ2v) is 12.7. The van der Waals surface area contributed by atoms with Crippen LogP contribution in [0, 0.1) is 26.6 Å². The van der Waals surface area contributed by atoms with Crippen LogP contribution in [0.1, 0.15) is 104 Å². The lowest BCUT2D eigenvalue weighted by molar-refractivity contribution is -0.160. The van der Waals surface area contributed by atoms with E-state index in [4.69, 9.17) is 9.47 Å². The Morgan fingerprint density at radius 1 is 1.05 bits per heavy atom. The molecule has 6 nitrogen and oxygen atoms in total. The van der Waals surface area contributed by atoms with Crippen LogP contribution in [-0.2, 0) is 33.7 Å². The third kappa shape index (κ3) is 5.13. The van der Waals surface area contributed by atoms with E-state index in [1.54, 1.807) is 0 Å². The Morgan fingerprint density at radius 2 is 1.75 bits per heavy atom. The minimum absolute atomic E-state index is 0.0948. The molecule has 1 amide bonds. The van der Waals surface area contributed by atoms with Gasteiger partial charge in [0.1, 0.15) is 0 Å². The Hall–Kier alpha value is -2.93. The van der Waals surface area contributed by atoms with Crippen LogP contribution in [0.2, 0.25) is 0 Å². The van der Waals surface area contributed by atoms with Crippen molar-refractivity contribution in [2.75, 3.05) is 6.61 Å². The number of nitrogens with zero attached hydrogens (tertiary/aromatic N) is 1. The molecule has 0 aromatic heterocycles. The highest BCUT2D eigenvalue weighted by Crippen LogP contribution is 2.46. The van der Waals surface area contributed by atoms with Gasteiger partial charge in [0.15, 0.2) is 17.7 Å². The molecule has 0 bridgehead atoms. The highest BCUT2D eigenvalue weighted by atomic mass is 19.1. The van der Waals surface area contributed by atoms with Gasteiger partial charge in [-0.3, -0.25) is 4.79 Å². The molecule has 7 heteroatoms. The van der Waals surface area contributed by atoms with Crippen molar-refractivity contribution < 1.29 is 28.6 Å². The van der Waals surface area contributed by atoms with Gasteiger partial charge in [0.25, 0.3) is 0 Å². The summed E-state index contributed by atoms with van der Waals surface area (Å²) in [5.41, 5.74) is 6.46. The smallest absolute Gasteiger partial charge is 0.337 e. The van der Waals surface area contributed by atoms with E-state index in [-0.39, 0.29) is 18.4 Å². The molecule has 0 saturated heterocycles. The maximum absolute atomic E-state index is 15.6. The van der Waals surface area contributed by atoms with E-state index in [1.807, 2.05) is 46.4 Å². The van der Waals surface area contributed by atoms with Gasteiger partial charge >= 0.3 is 5.97 Å². The fraction of sp³-hybridized carbons (Fsp3) is 0.576. The Morgan fingerprint density at radius 3 is 2.40 bits per heavy atom. The zero-order valence-electron chi connectivity index (χ0n) is 24.7. The molecule has 1 aliphatic carbocycles. The van der Waals surface area contributed by atoms with Crippen molar-refractivity contribution in [2.24, 2.45) is 0 Å². The highest BCUT2D eigenvalue weighted by Gasteiger charge is 2.38. The molecule has 216 valence electrons. The Kier molecular flexibility index (Phi) is 7.73. The van der Waals surface area contributed by atoms with Crippen LogP contribution in [0.3, 0.4) is 0 Å². The molecule has 1 fully saturated rings. The van der Waals surface area contributed by atoms with E-state index in [0.29, 0.717) is 42.0 Å². The minimum atomic E-state index is -1.28. The van der Waals surface area contributed by atoms with Crippen LogP contribution in [0.4, 0.5) is 4.39 Å². The number of aliphatic carboxylic acids is 1. The Bertz CT molecular complexity index is 1350. The molecule has 0 spiro atoms. The van der Waals surface area contributed by atoms with E-state index in [1.165, 1.54) is 12.5 Å². The number of carboxylic acid groups (broad SMARTS) is 1. The first-order chi connectivity index (χ1) is 18.9. The molecule has 2 aliphatic heterocycles. The molecule has 5 rings (SSSR count). The summed E-state index contributed by atoms with van der Waals surface area (Å²) in [6.45, 7) is 12.3. The third-order valence-corrected chi connectivity index (χ3v) is 8.97. The van der Waals surface area contributed by atoms with E-state index >= 15 is 4.39 Å². The summed E-state index contributed by atoms with van der Waals surface area (Å²) in [6.07, 6.45) is 5.95. The van der Waals surface area contributed by atoms with E-state index in [0.717, 1.165) is 65.5 Å². The average molecular weight is 552 g/mol. The number of benzene rings is 2. The van der Waals surface area contributed by atoms with Gasteiger partial charge in [0, 0.05) is 23.7 Å². The summed E-state index contributed by atoms with van der Waals surface area (Å²) in [4.78, 5) is 28.3. The number of rotatable bonds is 5. The molecule has 1 N–H and O–H groups in total. The highest BCUT2D eigenvalue weighted by molar-refractivity contribution is 5.89. The number of fused-ring (bicyclic) bond motifs is 2. The molecule has 2 heterocycles. The number of carbonyl (C=O) groups excluding carboxylic acids is 1. The van der Waals surface area contributed by atoms with Crippen molar-refractivity contribution in [3.8, 4) is 16.9 Å². The molecule has 2 aromatic carbocycles. The first-order valence-corrected chi connectivity index (χ1v) is 14.7. The average Bonchev–Trinajstić information content (AvgIpc) is 2.91. The van der Waals surface area contributed by atoms with Crippen molar-refractivity contribution in [3.63, 3.8) is 0 Å². The van der Waals surface area contributed by atoms with Crippen molar-refractivity contribution in [1.82, 2.24) is 4.90 Å². The van der Waals surface area contributed by atoms with E-state index in [9.17, 15) is 14.7 Å². The topological polar surface area (TPSA) is 76.1 Å².